The van der Waals surface area contributed by atoms with Gasteiger partial charge in [0.25, 0.3) is 5.91 Å². The minimum absolute atomic E-state index is 0.183. The third-order valence-corrected chi connectivity index (χ3v) is 3.34. The van der Waals surface area contributed by atoms with E-state index in [0.29, 0.717) is 5.69 Å². The van der Waals surface area contributed by atoms with E-state index in [2.05, 4.69) is 20.5 Å². The van der Waals surface area contributed by atoms with Crippen LogP contribution in [0.25, 0.3) is 0 Å². The number of rotatable bonds is 3. The number of hydrogen-bond donors (Lipinski definition) is 1. The van der Waals surface area contributed by atoms with Gasteiger partial charge in [-0.3, -0.25) is 9.78 Å². The highest BCUT2D eigenvalue weighted by molar-refractivity contribution is 5.93. The molecule has 3 rings (SSSR count). The van der Waals surface area contributed by atoms with E-state index in [1.807, 2.05) is 19.1 Å². The molecule has 1 aliphatic rings. The first-order valence-corrected chi connectivity index (χ1v) is 6.22. The minimum atomic E-state index is -0.267. The van der Waals surface area contributed by atoms with Gasteiger partial charge in [-0.1, -0.05) is 6.07 Å². The van der Waals surface area contributed by atoms with E-state index in [1.54, 1.807) is 24.7 Å². The van der Waals surface area contributed by atoms with Gasteiger partial charge < -0.3 is 5.32 Å². The number of nitrogens with one attached hydrogen (secondary N) is 1. The number of amides is 1. The van der Waals surface area contributed by atoms with E-state index in [1.165, 1.54) is 0 Å². The number of carbonyl (C=O) groups excluding carboxylic acids is 1. The van der Waals surface area contributed by atoms with E-state index >= 15 is 0 Å². The molecule has 0 bridgehead atoms. The highest BCUT2D eigenvalue weighted by Crippen LogP contribution is 2.45. The minimum Gasteiger partial charge on any atom is -0.341 e. The lowest BCUT2D eigenvalue weighted by Gasteiger charge is -2.17. The molecule has 1 amide bonds. The van der Waals surface area contributed by atoms with Crippen LogP contribution in [0.15, 0.2) is 36.8 Å². The van der Waals surface area contributed by atoms with Crippen LogP contribution in [0.5, 0.6) is 0 Å². The summed E-state index contributed by atoms with van der Waals surface area (Å²) in [4.78, 5) is 16.3. The summed E-state index contributed by atoms with van der Waals surface area (Å²) in [6.07, 6.45) is 7.03. The van der Waals surface area contributed by atoms with E-state index in [4.69, 9.17) is 0 Å². The lowest BCUT2D eigenvalue weighted by atomic mass is 10.1. The van der Waals surface area contributed by atoms with Crippen LogP contribution in [-0.4, -0.2) is 21.1 Å². The maximum atomic E-state index is 12.2. The Hall–Kier alpha value is -2.30. The molecule has 1 N–H and O–H groups in total. The second-order valence-corrected chi connectivity index (χ2v) is 4.90. The fourth-order valence-electron chi connectivity index (χ4n) is 2.11. The smallest absolute Gasteiger partial charge is 0.272 e. The van der Waals surface area contributed by atoms with Crippen molar-refractivity contribution >= 4 is 5.91 Å². The van der Waals surface area contributed by atoms with Crippen LogP contribution in [0, 0.1) is 6.92 Å². The van der Waals surface area contributed by atoms with Crippen molar-refractivity contribution in [2.75, 3.05) is 0 Å². The zero-order valence-corrected chi connectivity index (χ0v) is 10.6. The van der Waals surface area contributed by atoms with Gasteiger partial charge in [0.1, 0.15) is 0 Å². The van der Waals surface area contributed by atoms with Crippen molar-refractivity contribution in [3.8, 4) is 0 Å². The van der Waals surface area contributed by atoms with Crippen LogP contribution in [0.4, 0.5) is 0 Å². The zero-order valence-electron chi connectivity index (χ0n) is 10.6. The number of aromatic nitrogens is 3. The third-order valence-electron chi connectivity index (χ3n) is 3.34. The van der Waals surface area contributed by atoms with Crippen molar-refractivity contribution in [1.29, 1.82) is 0 Å². The molecule has 2 heterocycles. The Bertz CT molecular complexity index is 608. The van der Waals surface area contributed by atoms with E-state index in [0.717, 1.165) is 24.0 Å². The van der Waals surface area contributed by atoms with Crippen LogP contribution < -0.4 is 5.32 Å². The van der Waals surface area contributed by atoms with Crippen LogP contribution in [0.2, 0.25) is 0 Å². The summed E-state index contributed by atoms with van der Waals surface area (Å²) in [6, 6.07) is 5.61. The van der Waals surface area contributed by atoms with E-state index in [9.17, 15) is 4.79 Å². The highest BCUT2D eigenvalue weighted by atomic mass is 16.2. The third kappa shape index (κ3) is 2.31. The summed E-state index contributed by atoms with van der Waals surface area (Å²) in [5.74, 6) is -0.183. The van der Waals surface area contributed by atoms with Gasteiger partial charge in [0.2, 0.25) is 0 Å². The van der Waals surface area contributed by atoms with Crippen molar-refractivity contribution in [2.45, 2.75) is 25.3 Å². The molecule has 19 heavy (non-hydrogen) atoms. The lowest BCUT2D eigenvalue weighted by Crippen LogP contribution is -2.35. The summed E-state index contributed by atoms with van der Waals surface area (Å²) in [5.41, 5.74) is 2.06. The number of hydrogen-bond acceptors (Lipinski definition) is 4. The van der Waals surface area contributed by atoms with Gasteiger partial charge in [-0.2, -0.15) is 5.10 Å². The molecule has 0 unspecified atom stereocenters. The molecule has 2 aromatic heterocycles. The van der Waals surface area contributed by atoms with Gasteiger partial charge in [0.05, 0.1) is 11.7 Å². The Morgan fingerprint density at radius 3 is 2.84 bits per heavy atom. The largest absolute Gasteiger partial charge is 0.341 e. The Kier molecular flexibility index (Phi) is 2.74. The first-order valence-electron chi connectivity index (χ1n) is 6.22. The lowest BCUT2D eigenvalue weighted by molar-refractivity contribution is 0.0924. The van der Waals surface area contributed by atoms with Crippen molar-refractivity contribution < 1.29 is 4.79 Å². The average molecular weight is 254 g/mol. The topological polar surface area (TPSA) is 67.8 Å². The van der Waals surface area contributed by atoms with Crippen molar-refractivity contribution in [3.05, 3.63) is 53.6 Å². The second kappa shape index (κ2) is 4.42. The van der Waals surface area contributed by atoms with Crippen molar-refractivity contribution in [3.63, 3.8) is 0 Å². The molecule has 0 aliphatic heterocycles. The molecular weight excluding hydrogens is 240 g/mol. The fourth-order valence-corrected chi connectivity index (χ4v) is 2.11. The molecule has 0 radical (unpaired) electrons. The monoisotopic (exact) mass is 254 g/mol. The molecule has 5 heteroatoms. The van der Waals surface area contributed by atoms with Gasteiger partial charge in [-0.15, -0.1) is 5.10 Å². The Balaban J connectivity index is 1.81. The molecule has 5 nitrogen and oxygen atoms in total. The first kappa shape index (κ1) is 11.8. The Morgan fingerprint density at radius 1 is 1.37 bits per heavy atom. The standard InChI is InChI=1S/C14H14N4O/c1-10-7-12(18-16-8-10)13(19)17-14(4-5-14)11-3-2-6-15-9-11/h2-3,6-9H,4-5H2,1H3,(H,17,19). The maximum absolute atomic E-state index is 12.2. The van der Waals surface area contributed by atoms with Gasteiger partial charge in [0, 0.05) is 12.4 Å². The summed E-state index contributed by atoms with van der Waals surface area (Å²) in [5, 5.41) is 10.7. The number of nitrogens with zero attached hydrogens (tertiary/aromatic N) is 3. The first-order chi connectivity index (χ1) is 9.20. The molecule has 0 aromatic carbocycles. The number of pyridine rings is 1. The quantitative estimate of drug-likeness (QED) is 0.903. The van der Waals surface area contributed by atoms with Gasteiger partial charge in [-0.25, -0.2) is 0 Å². The fraction of sp³-hybridized carbons (Fsp3) is 0.286. The van der Waals surface area contributed by atoms with Crippen LogP contribution in [0.3, 0.4) is 0 Å². The highest BCUT2D eigenvalue weighted by Gasteiger charge is 2.46. The van der Waals surface area contributed by atoms with Gasteiger partial charge in [0.15, 0.2) is 5.69 Å². The van der Waals surface area contributed by atoms with Crippen LogP contribution in [0.1, 0.15) is 34.5 Å². The summed E-state index contributed by atoms with van der Waals surface area (Å²) < 4.78 is 0. The molecule has 0 spiro atoms. The van der Waals surface area contributed by atoms with Crippen molar-refractivity contribution in [2.24, 2.45) is 0 Å². The number of carbonyl (C=O) groups is 1. The van der Waals surface area contributed by atoms with E-state index < -0.39 is 0 Å². The second-order valence-electron chi connectivity index (χ2n) is 4.90. The molecule has 0 atom stereocenters. The average Bonchev–Trinajstić information content (AvgIpc) is 3.21. The Labute approximate surface area is 111 Å². The predicted molar refractivity (Wildman–Crippen MR) is 69.4 cm³/mol. The summed E-state index contributed by atoms with van der Waals surface area (Å²) >= 11 is 0. The predicted octanol–water partition coefficient (Wildman–Crippen LogP) is 1.60. The normalized spacial score (nSPS) is 15.8. The van der Waals surface area contributed by atoms with Crippen molar-refractivity contribution in [1.82, 2.24) is 20.5 Å². The SMILES string of the molecule is Cc1cnnc(C(=O)NC2(c3cccnc3)CC2)c1. The van der Waals surface area contributed by atoms with Crippen LogP contribution >= 0.6 is 0 Å². The van der Waals surface area contributed by atoms with Crippen LogP contribution in [-0.2, 0) is 5.54 Å². The van der Waals surface area contributed by atoms with E-state index in [-0.39, 0.29) is 11.4 Å². The molecule has 96 valence electrons. The zero-order chi connectivity index (χ0) is 13.3. The molecule has 1 fully saturated rings. The van der Waals surface area contributed by atoms with Gasteiger partial charge in [-0.05, 0) is 43.0 Å². The molecule has 2 aromatic rings. The molecule has 0 saturated heterocycles. The molecular formula is C14H14N4O. The molecule has 1 aliphatic carbocycles. The molecule has 1 saturated carbocycles. The maximum Gasteiger partial charge on any atom is 0.272 e. The summed E-state index contributed by atoms with van der Waals surface area (Å²) in [6.45, 7) is 1.89. The van der Waals surface area contributed by atoms with Gasteiger partial charge >= 0.3 is 0 Å². The summed E-state index contributed by atoms with van der Waals surface area (Å²) in [7, 11) is 0. The number of aryl methyl sites for hydroxylation is 1. The Morgan fingerprint density at radius 2 is 2.21 bits per heavy atom.